The minimum absolute atomic E-state index is 0.263. The summed E-state index contributed by atoms with van der Waals surface area (Å²) in [6.07, 6.45) is 3.47. The van der Waals surface area contributed by atoms with E-state index in [0.717, 1.165) is 49.5 Å². The van der Waals surface area contributed by atoms with Crippen LogP contribution in [0.2, 0.25) is 5.02 Å². The fourth-order valence-electron chi connectivity index (χ4n) is 3.87. The Morgan fingerprint density at radius 1 is 1.09 bits per heavy atom. The zero-order valence-electron chi connectivity index (χ0n) is 17.5. The lowest BCUT2D eigenvalue weighted by atomic mass is 10.1. The number of anilines is 1. The summed E-state index contributed by atoms with van der Waals surface area (Å²) in [5.74, 6) is -0.263. The smallest absolute Gasteiger partial charge is 0.274 e. The Hall–Kier alpha value is -3.26. The summed E-state index contributed by atoms with van der Waals surface area (Å²) in [6, 6.07) is 17.1. The van der Waals surface area contributed by atoms with E-state index >= 15 is 0 Å². The van der Waals surface area contributed by atoms with Crippen molar-refractivity contribution in [3.8, 4) is 11.1 Å². The zero-order chi connectivity index (χ0) is 21.9. The molecule has 3 heterocycles. The average molecular weight is 447 g/mol. The highest BCUT2D eigenvalue weighted by Crippen LogP contribution is 2.26. The van der Waals surface area contributed by atoms with Gasteiger partial charge in [0.25, 0.3) is 5.91 Å². The van der Waals surface area contributed by atoms with Crippen LogP contribution in [0.4, 0.5) is 5.69 Å². The van der Waals surface area contributed by atoms with Crippen molar-refractivity contribution in [2.75, 3.05) is 31.5 Å². The van der Waals surface area contributed by atoms with Gasteiger partial charge in [0.2, 0.25) is 0 Å². The molecule has 2 aromatic carbocycles. The fourth-order valence-corrected chi connectivity index (χ4v) is 4.06. The van der Waals surface area contributed by atoms with E-state index in [-0.39, 0.29) is 5.91 Å². The van der Waals surface area contributed by atoms with Gasteiger partial charge in [-0.3, -0.25) is 9.69 Å². The molecule has 7 nitrogen and oxygen atoms in total. The van der Waals surface area contributed by atoms with Crippen LogP contribution in [0.1, 0.15) is 16.1 Å². The predicted octanol–water partition coefficient (Wildman–Crippen LogP) is 3.71. The average Bonchev–Trinajstić information content (AvgIpc) is 3.24. The summed E-state index contributed by atoms with van der Waals surface area (Å²) < 4.78 is 1.65. The number of carbonyl (C=O) groups is 1. The molecule has 2 N–H and O–H groups in total. The third kappa shape index (κ3) is 4.50. The molecule has 0 spiro atoms. The molecular formula is C24H23ClN6O. The van der Waals surface area contributed by atoms with E-state index in [1.54, 1.807) is 23.0 Å². The van der Waals surface area contributed by atoms with Crippen LogP contribution < -0.4 is 10.6 Å². The zero-order valence-corrected chi connectivity index (χ0v) is 18.2. The summed E-state index contributed by atoms with van der Waals surface area (Å²) in [6.45, 7) is 5.09. The molecule has 0 saturated carbocycles. The molecule has 32 heavy (non-hydrogen) atoms. The van der Waals surface area contributed by atoms with Crippen molar-refractivity contribution in [2.24, 2.45) is 0 Å². The van der Waals surface area contributed by atoms with Crippen LogP contribution in [0.15, 0.2) is 67.0 Å². The van der Waals surface area contributed by atoms with Gasteiger partial charge >= 0.3 is 0 Å². The second-order valence-corrected chi connectivity index (χ2v) is 8.26. The highest BCUT2D eigenvalue weighted by atomic mass is 35.5. The van der Waals surface area contributed by atoms with Gasteiger partial charge in [0.05, 0.1) is 6.20 Å². The quantitative estimate of drug-likeness (QED) is 0.489. The van der Waals surface area contributed by atoms with Gasteiger partial charge in [0.15, 0.2) is 5.65 Å². The number of fused-ring (bicyclic) bond motifs is 1. The molecule has 8 heteroatoms. The fraction of sp³-hybridized carbons (Fsp3) is 0.208. The van der Waals surface area contributed by atoms with Crippen molar-refractivity contribution in [1.82, 2.24) is 24.8 Å². The van der Waals surface area contributed by atoms with Crippen molar-refractivity contribution in [2.45, 2.75) is 6.54 Å². The predicted molar refractivity (Wildman–Crippen MR) is 126 cm³/mol. The maximum atomic E-state index is 12.8. The molecule has 0 unspecified atom stereocenters. The van der Waals surface area contributed by atoms with Crippen molar-refractivity contribution in [3.05, 3.63) is 83.3 Å². The van der Waals surface area contributed by atoms with E-state index in [1.807, 2.05) is 36.4 Å². The number of piperazine rings is 1. The maximum Gasteiger partial charge on any atom is 0.274 e. The normalized spacial score (nSPS) is 14.5. The number of hydrogen-bond acceptors (Lipinski definition) is 5. The number of aromatic nitrogens is 3. The van der Waals surface area contributed by atoms with Crippen LogP contribution in [0.5, 0.6) is 0 Å². The molecule has 0 bridgehead atoms. The van der Waals surface area contributed by atoms with Crippen molar-refractivity contribution < 1.29 is 4.79 Å². The monoisotopic (exact) mass is 446 g/mol. The largest absolute Gasteiger partial charge is 0.321 e. The SMILES string of the molecule is O=C(Nc1ccc(CN2CCNCC2)cc1)c1ccn2ncc(-c3cccc(Cl)c3)c2n1. The third-order valence-corrected chi connectivity index (χ3v) is 5.80. The Balaban J connectivity index is 1.32. The molecule has 0 radical (unpaired) electrons. The molecule has 1 aliphatic rings. The molecule has 1 amide bonds. The molecule has 4 aromatic rings. The molecule has 162 valence electrons. The van der Waals surface area contributed by atoms with Gasteiger partial charge in [-0.05, 0) is 41.5 Å². The van der Waals surface area contributed by atoms with E-state index in [4.69, 9.17) is 11.6 Å². The minimum Gasteiger partial charge on any atom is -0.321 e. The molecular weight excluding hydrogens is 424 g/mol. The van der Waals surface area contributed by atoms with Crippen molar-refractivity contribution in [3.63, 3.8) is 0 Å². The number of benzene rings is 2. The lowest BCUT2D eigenvalue weighted by molar-refractivity contribution is 0.102. The van der Waals surface area contributed by atoms with Gasteiger partial charge in [0, 0.05) is 55.2 Å². The summed E-state index contributed by atoms with van der Waals surface area (Å²) in [5, 5.41) is 11.3. The van der Waals surface area contributed by atoms with E-state index < -0.39 is 0 Å². The number of nitrogens with one attached hydrogen (secondary N) is 2. The molecule has 5 rings (SSSR count). The number of rotatable bonds is 5. The second kappa shape index (κ2) is 9.08. The van der Waals surface area contributed by atoms with Gasteiger partial charge in [-0.15, -0.1) is 0 Å². The van der Waals surface area contributed by atoms with Crippen LogP contribution in [-0.2, 0) is 6.54 Å². The lowest BCUT2D eigenvalue weighted by Crippen LogP contribution is -2.42. The van der Waals surface area contributed by atoms with Crippen molar-refractivity contribution in [1.29, 1.82) is 0 Å². The van der Waals surface area contributed by atoms with Crippen LogP contribution in [0.3, 0.4) is 0 Å². The van der Waals surface area contributed by atoms with Crippen molar-refractivity contribution >= 4 is 28.8 Å². The first-order valence-electron chi connectivity index (χ1n) is 10.6. The second-order valence-electron chi connectivity index (χ2n) is 7.83. The highest BCUT2D eigenvalue weighted by Gasteiger charge is 2.14. The number of hydrogen-bond donors (Lipinski definition) is 2. The molecule has 1 aliphatic heterocycles. The first kappa shape index (κ1) is 20.6. The molecule has 1 saturated heterocycles. The van der Waals surface area contributed by atoms with E-state index in [0.29, 0.717) is 16.4 Å². The molecule has 0 aliphatic carbocycles. The van der Waals surface area contributed by atoms with Gasteiger partial charge in [-0.1, -0.05) is 35.9 Å². The number of nitrogens with zero attached hydrogens (tertiary/aromatic N) is 4. The Bertz CT molecular complexity index is 1250. The maximum absolute atomic E-state index is 12.8. The molecule has 2 aromatic heterocycles. The molecule has 0 atom stereocenters. The Labute approximate surface area is 191 Å². The highest BCUT2D eigenvalue weighted by molar-refractivity contribution is 6.30. The third-order valence-electron chi connectivity index (χ3n) is 5.56. The van der Waals surface area contributed by atoms with Crippen LogP contribution >= 0.6 is 11.6 Å². The summed E-state index contributed by atoms with van der Waals surface area (Å²) >= 11 is 6.13. The minimum atomic E-state index is -0.263. The lowest BCUT2D eigenvalue weighted by Gasteiger charge is -2.27. The van der Waals surface area contributed by atoms with Gasteiger partial charge in [-0.25, -0.2) is 9.50 Å². The van der Waals surface area contributed by atoms with E-state index in [1.165, 1.54) is 5.56 Å². The van der Waals surface area contributed by atoms with E-state index in [9.17, 15) is 4.79 Å². The van der Waals surface area contributed by atoms with Crippen LogP contribution in [-0.4, -0.2) is 51.6 Å². The summed E-state index contributed by atoms with van der Waals surface area (Å²) in [7, 11) is 0. The van der Waals surface area contributed by atoms with Gasteiger partial charge < -0.3 is 10.6 Å². The number of carbonyl (C=O) groups excluding carboxylic acids is 1. The number of halogens is 1. The Morgan fingerprint density at radius 3 is 2.69 bits per heavy atom. The van der Waals surface area contributed by atoms with Gasteiger partial charge in [-0.2, -0.15) is 5.10 Å². The Morgan fingerprint density at radius 2 is 1.91 bits per heavy atom. The first-order valence-corrected chi connectivity index (χ1v) is 11.0. The van der Waals surface area contributed by atoms with E-state index in [2.05, 4.69) is 37.7 Å². The standard InChI is InChI=1S/C24H23ClN6O/c25-19-3-1-2-18(14-19)21-15-27-31-11-8-22(29-23(21)31)24(32)28-20-6-4-17(5-7-20)16-30-12-9-26-10-13-30/h1-8,11,14-15,26H,9-10,12-13,16H2,(H,28,32). The Kier molecular flexibility index (Phi) is 5.85. The summed E-state index contributed by atoms with van der Waals surface area (Å²) in [5.41, 5.74) is 4.62. The molecule has 1 fully saturated rings. The summed E-state index contributed by atoms with van der Waals surface area (Å²) in [4.78, 5) is 19.8. The topological polar surface area (TPSA) is 74.6 Å². The van der Waals surface area contributed by atoms with Gasteiger partial charge in [0.1, 0.15) is 5.69 Å². The van der Waals surface area contributed by atoms with Crippen LogP contribution in [0, 0.1) is 0 Å². The van der Waals surface area contributed by atoms with Crippen LogP contribution in [0.25, 0.3) is 16.8 Å². The number of amides is 1. The first-order chi connectivity index (χ1) is 15.7.